The Hall–Kier alpha value is -1.75. The average molecular weight is 375 g/mol. The lowest BCUT2D eigenvalue weighted by atomic mass is 10.0. The molecule has 0 aromatic heterocycles. The molecule has 0 radical (unpaired) electrons. The summed E-state index contributed by atoms with van der Waals surface area (Å²) in [6.07, 6.45) is 7.05. The highest BCUT2D eigenvalue weighted by molar-refractivity contribution is 5.79. The fourth-order valence-electron chi connectivity index (χ4n) is 4.70. The molecule has 1 heterocycles. The van der Waals surface area contributed by atoms with E-state index in [1.54, 1.807) is 14.2 Å². The monoisotopic (exact) mass is 374 g/mol. The zero-order chi connectivity index (χ0) is 19.4. The largest absolute Gasteiger partial charge is 0.497 e. The maximum Gasteiger partial charge on any atom is 0.237 e. The van der Waals surface area contributed by atoms with Crippen LogP contribution in [-0.4, -0.2) is 55.1 Å². The van der Waals surface area contributed by atoms with Gasteiger partial charge in [0.05, 0.1) is 26.8 Å². The smallest absolute Gasteiger partial charge is 0.237 e. The van der Waals surface area contributed by atoms with Crippen LogP contribution in [0.2, 0.25) is 0 Å². The van der Waals surface area contributed by atoms with Crippen LogP contribution in [-0.2, 0) is 4.79 Å². The number of likely N-dealkylation sites (tertiary alicyclic amines) is 1. The van der Waals surface area contributed by atoms with Crippen LogP contribution in [0.1, 0.15) is 64.0 Å². The number of methoxy groups -OCH3 is 2. The maximum atomic E-state index is 13.2. The lowest BCUT2D eigenvalue weighted by Crippen LogP contribution is -2.46. The molecule has 1 atom stereocenters. The van der Waals surface area contributed by atoms with E-state index in [4.69, 9.17) is 9.47 Å². The first-order valence-corrected chi connectivity index (χ1v) is 10.3. The zero-order valence-corrected chi connectivity index (χ0v) is 17.2. The van der Waals surface area contributed by atoms with E-state index < -0.39 is 0 Å². The number of carbonyl (C=O) groups excluding carboxylic acids is 1. The highest BCUT2D eigenvalue weighted by atomic mass is 16.5. The molecule has 150 valence electrons. The third-order valence-corrected chi connectivity index (χ3v) is 6.15. The second kappa shape index (κ2) is 8.96. The van der Waals surface area contributed by atoms with Crippen molar-refractivity contribution in [3.63, 3.8) is 0 Å². The molecule has 1 unspecified atom stereocenters. The second-order valence-corrected chi connectivity index (χ2v) is 8.06. The first kappa shape index (κ1) is 20.0. The van der Waals surface area contributed by atoms with E-state index in [1.165, 1.54) is 25.7 Å². The average Bonchev–Trinajstić information content (AvgIpc) is 3.36. The molecule has 1 aliphatic carbocycles. The molecule has 1 amide bonds. The van der Waals surface area contributed by atoms with Crippen molar-refractivity contribution < 1.29 is 14.3 Å². The molecular formula is C22H34N2O3. The minimum absolute atomic E-state index is 0.0935. The van der Waals surface area contributed by atoms with Gasteiger partial charge in [-0.25, -0.2) is 0 Å². The number of benzene rings is 1. The molecule has 1 saturated heterocycles. The van der Waals surface area contributed by atoms with E-state index in [0.717, 1.165) is 36.4 Å². The summed E-state index contributed by atoms with van der Waals surface area (Å²) < 4.78 is 10.9. The lowest BCUT2D eigenvalue weighted by molar-refractivity contribution is -0.134. The summed E-state index contributed by atoms with van der Waals surface area (Å²) in [5.41, 5.74) is 1.08. The van der Waals surface area contributed by atoms with Gasteiger partial charge in [0.2, 0.25) is 5.91 Å². The molecule has 1 aromatic rings. The number of hydrogen-bond acceptors (Lipinski definition) is 4. The Morgan fingerprint density at radius 3 is 2.52 bits per heavy atom. The molecule has 3 rings (SSSR count). The first-order chi connectivity index (χ1) is 13.0. The molecule has 0 N–H and O–H groups in total. The molecule has 27 heavy (non-hydrogen) atoms. The molecule has 0 spiro atoms. The van der Waals surface area contributed by atoms with Crippen molar-refractivity contribution in [3.05, 3.63) is 23.8 Å². The predicted octanol–water partition coefficient (Wildman–Crippen LogP) is 4.02. The Bertz CT molecular complexity index is 640. The number of amides is 1. The summed E-state index contributed by atoms with van der Waals surface area (Å²) in [6, 6.07) is 6.97. The van der Waals surface area contributed by atoms with Gasteiger partial charge in [-0.15, -0.1) is 0 Å². The first-order valence-electron chi connectivity index (χ1n) is 10.3. The van der Waals surface area contributed by atoms with Gasteiger partial charge in [0.25, 0.3) is 0 Å². The van der Waals surface area contributed by atoms with Gasteiger partial charge in [0, 0.05) is 30.3 Å². The van der Waals surface area contributed by atoms with Crippen LogP contribution in [0.25, 0.3) is 0 Å². The van der Waals surface area contributed by atoms with Gasteiger partial charge in [-0.1, -0.05) is 12.8 Å². The molecule has 1 saturated carbocycles. The molecule has 5 heteroatoms. The molecule has 2 fully saturated rings. The van der Waals surface area contributed by atoms with E-state index in [9.17, 15) is 4.79 Å². The van der Waals surface area contributed by atoms with E-state index in [0.29, 0.717) is 18.6 Å². The second-order valence-electron chi connectivity index (χ2n) is 8.06. The quantitative estimate of drug-likeness (QED) is 0.723. The Balaban J connectivity index is 1.76. The molecular weight excluding hydrogens is 340 g/mol. The Morgan fingerprint density at radius 2 is 1.89 bits per heavy atom. The van der Waals surface area contributed by atoms with Crippen LogP contribution >= 0.6 is 0 Å². The maximum absolute atomic E-state index is 13.2. The number of hydrogen-bond donors (Lipinski definition) is 0. The third kappa shape index (κ3) is 4.40. The van der Waals surface area contributed by atoms with Crippen LogP contribution in [0.4, 0.5) is 0 Å². The van der Waals surface area contributed by atoms with Crippen molar-refractivity contribution in [1.82, 2.24) is 9.80 Å². The summed E-state index contributed by atoms with van der Waals surface area (Å²) in [6.45, 7) is 5.77. The SMILES string of the molecule is COc1ccc(C2CCCN2C(=O)CN(C(C)C)C2CCCC2)c(OC)c1. The number of nitrogens with zero attached hydrogens (tertiary/aromatic N) is 2. The standard InChI is InChI=1S/C22H34N2O3/c1-16(2)24(17-8-5-6-9-17)15-22(25)23-13-7-10-20(23)19-12-11-18(26-3)14-21(19)27-4/h11-12,14,16-17,20H,5-10,13,15H2,1-4H3. The van der Waals surface area contributed by atoms with Gasteiger partial charge in [0.15, 0.2) is 0 Å². The van der Waals surface area contributed by atoms with Crippen LogP contribution in [0.15, 0.2) is 18.2 Å². The Labute approximate surface area is 163 Å². The van der Waals surface area contributed by atoms with Gasteiger partial charge >= 0.3 is 0 Å². The van der Waals surface area contributed by atoms with Crippen LogP contribution in [0.5, 0.6) is 11.5 Å². The zero-order valence-electron chi connectivity index (χ0n) is 17.2. The highest BCUT2D eigenvalue weighted by Crippen LogP contribution is 2.39. The summed E-state index contributed by atoms with van der Waals surface area (Å²) in [5, 5.41) is 0. The van der Waals surface area contributed by atoms with E-state index >= 15 is 0 Å². The molecule has 1 aliphatic heterocycles. The van der Waals surface area contributed by atoms with Crippen LogP contribution in [0, 0.1) is 0 Å². The van der Waals surface area contributed by atoms with Crippen molar-refractivity contribution >= 4 is 5.91 Å². The number of ether oxygens (including phenoxy) is 2. The van der Waals surface area contributed by atoms with Gasteiger partial charge < -0.3 is 14.4 Å². The van der Waals surface area contributed by atoms with E-state index in [2.05, 4.69) is 23.6 Å². The van der Waals surface area contributed by atoms with Gasteiger partial charge in [0.1, 0.15) is 11.5 Å². The van der Waals surface area contributed by atoms with Gasteiger partial charge in [-0.3, -0.25) is 9.69 Å². The summed E-state index contributed by atoms with van der Waals surface area (Å²) in [4.78, 5) is 17.7. The van der Waals surface area contributed by atoms with E-state index in [-0.39, 0.29) is 11.9 Å². The van der Waals surface area contributed by atoms with Crippen molar-refractivity contribution in [3.8, 4) is 11.5 Å². The molecule has 1 aromatic carbocycles. The lowest BCUT2D eigenvalue weighted by Gasteiger charge is -2.35. The van der Waals surface area contributed by atoms with Gasteiger partial charge in [-0.05, 0) is 51.7 Å². The fraction of sp³-hybridized carbons (Fsp3) is 0.682. The van der Waals surface area contributed by atoms with Crippen molar-refractivity contribution in [2.75, 3.05) is 27.3 Å². The summed E-state index contributed by atoms with van der Waals surface area (Å²) in [7, 11) is 3.34. The minimum Gasteiger partial charge on any atom is -0.497 e. The third-order valence-electron chi connectivity index (χ3n) is 6.15. The predicted molar refractivity (Wildman–Crippen MR) is 107 cm³/mol. The van der Waals surface area contributed by atoms with E-state index in [1.807, 2.05) is 18.2 Å². The van der Waals surface area contributed by atoms with Crippen molar-refractivity contribution in [1.29, 1.82) is 0 Å². The normalized spacial score (nSPS) is 20.7. The molecule has 5 nitrogen and oxygen atoms in total. The van der Waals surface area contributed by atoms with Gasteiger partial charge in [-0.2, -0.15) is 0 Å². The van der Waals surface area contributed by atoms with Crippen molar-refractivity contribution in [2.45, 2.75) is 70.5 Å². The molecule has 0 bridgehead atoms. The number of rotatable bonds is 7. The topological polar surface area (TPSA) is 42.0 Å². The highest BCUT2D eigenvalue weighted by Gasteiger charge is 2.34. The Kier molecular flexibility index (Phi) is 6.64. The van der Waals surface area contributed by atoms with Crippen molar-refractivity contribution in [2.24, 2.45) is 0 Å². The van der Waals surface area contributed by atoms with Crippen LogP contribution < -0.4 is 9.47 Å². The van der Waals surface area contributed by atoms with Crippen LogP contribution in [0.3, 0.4) is 0 Å². The summed E-state index contributed by atoms with van der Waals surface area (Å²) in [5.74, 6) is 1.82. The number of carbonyl (C=O) groups is 1. The summed E-state index contributed by atoms with van der Waals surface area (Å²) >= 11 is 0. The Morgan fingerprint density at radius 1 is 1.15 bits per heavy atom. The minimum atomic E-state index is 0.0935. The fourth-order valence-corrected chi connectivity index (χ4v) is 4.70. The molecule has 2 aliphatic rings.